The molecule has 0 heterocycles. The predicted octanol–water partition coefficient (Wildman–Crippen LogP) is 6.33. The monoisotopic (exact) mass is 427 g/mol. The Morgan fingerprint density at radius 2 is 1.11 bits per heavy atom. The Bertz CT molecular complexity index is 725. The molecular weight excluding hydrogens is 400 g/mol. The highest BCUT2D eigenvalue weighted by Gasteiger charge is 2.32. The SMILES string of the molecule is Cc1cccc(C)c1NP(=O)(Nc1c(C)cccc1C)N(CCCl)CCCl. The number of rotatable bonds is 9. The Labute approximate surface area is 172 Å². The Hall–Kier alpha value is -1.19. The Balaban J connectivity index is 2.52. The molecule has 0 aromatic heterocycles. The van der Waals surface area contributed by atoms with Gasteiger partial charge >= 0.3 is 7.59 Å². The molecule has 0 bridgehead atoms. The fourth-order valence-corrected chi connectivity index (χ4v) is 6.10. The third kappa shape index (κ3) is 5.42. The second-order valence-corrected chi connectivity index (χ2v) is 9.59. The zero-order chi connectivity index (χ0) is 20.0. The van der Waals surface area contributed by atoms with Crippen LogP contribution in [0.3, 0.4) is 0 Å². The predicted molar refractivity (Wildman–Crippen MR) is 120 cm³/mol. The summed E-state index contributed by atoms with van der Waals surface area (Å²) in [5.41, 5.74) is 5.89. The minimum Gasteiger partial charge on any atom is -0.308 e. The maximum atomic E-state index is 14.2. The summed E-state index contributed by atoms with van der Waals surface area (Å²) in [6.07, 6.45) is 0. The van der Waals surface area contributed by atoms with E-state index in [4.69, 9.17) is 23.2 Å². The molecule has 2 N–H and O–H groups in total. The normalized spacial score (nSPS) is 11.7. The highest BCUT2D eigenvalue weighted by atomic mass is 35.5. The van der Waals surface area contributed by atoms with Gasteiger partial charge in [0.25, 0.3) is 0 Å². The van der Waals surface area contributed by atoms with Crippen LogP contribution in [0, 0.1) is 27.7 Å². The van der Waals surface area contributed by atoms with Gasteiger partial charge in [0, 0.05) is 36.2 Å². The first-order valence-corrected chi connectivity index (χ1v) is 11.7. The van der Waals surface area contributed by atoms with E-state index in [1.807, 2.05) is 68.8 Å². The molecule has 2 aromatic rings. The zero-order valence-electron chi connectivity index (χ0n) is 16.4. The summed E-state index contributed by atoms with van der Waals surface area (Å²) in [6.45, 7) is 8.94. The molecule has 0 radical (unpaired) electrons. The maximum Gasteiger partial charge on any atom is 0.330 e. The quantitative estimate of drug-likeness (QED) is 0.362. The van der Waals surface area contributed by atoms with Gasteiger partial charge in [-0.2, -0.15) is 0 Å². The lowest BCUT2D eigenvalue weighted by atomic mass is 10.1. The van der Waals surface area contributed by atoms with Crippen molar-refractivity contribution in [2.75, 3.05) is 35.0 Å². The Kier molecular flexibility index (Phi) is 8.05. The minimum absolute atomic E-state index is 0.365. The summed E-state index contributed by atoms with van der Waals surface area (Å²) in [6, 6.07) is 12.0. The first kappa shape index (κ1) is 22.1. The number of hydrogen-bond donors (Lipinski definition) is 2. The lowest BCUT2D eigenvalue weighted by Gasteiger charge is -2.34. The van der Waals surface area contributed by atoms with Crippen molar-refractivity contribution in [1.82, 2.24) is 4.67 Å². The van der Waals surface area contributed by atoms with E-state index in [0.29, 0.717) is 24.8 Å². The van der Waals surface area contributed by atoms with E-state index in [9.17, 15) is 4.57 Å². The highest BCUT2D eigenvalue weighted by Crippen LogP contribution is 2.51. The van der Waals surface area contributed by atoms with Crippen LogP contribution in [0.15, 0.2) is 36.4 Å². The number of nitrogens with zero attached hydrogens (tertiary/aromatic N) is 1. The smallest absolute Gasteiger partial charge is 0.308 e. The van der Waals surface area contributed by atoms with Gasteiger partial charge in [-0.25, -0.2) is 4.67 Å². The molecular formula is C20H28Cl2N3OP. The minimum atomic E-state index is -3.25. The van der Waals surface area contributed by atoms with Crippen LogP contribution in [0.4, 0.5) is 11.4 Å². The molecule has 0 atom stereocenters. The molecule has 0 aliphatic carbocycles. The number of aryl methyl sites for hydroxylation is 4. The maximum absolute atomic E-state index is 14.2. The first-order chi connectivity index (χ1) is 12.8. The van der Waals surface area contributed by atoms with Crippen molar-refractivity contribution in [3.05, 3.63) is 58.7 Å². The van der Waals surface area contributed by atoms with Gasteiger partial charge in [-0.3, -0.25) is 4.57 Å². The fraction of sp³-hybridized carbons (Fsp3) is 0.400. The first-order valence-electron chi connectivity index (χ1n) is 8.98. The van der Waals surface area contributed by atoms with Crippen LogP contribution in [0.5, 0.6) is 0 Å². The van der Waals surface area contributed by atoms with Gasteiger partial charge in [-0.15, -0.1) is 23.2 Å². The number of para-hydroxylation sites is 2. The summed E-state index contributed by atoms with van der Waals surface area (Å²) in [5.74, 6) is 0.730. The molecule has 0 fully saturated rings. The molecule has 0 saturated heterocycles. The zero-order valence-corrected chi connectivity index (χ0v) is 18.8. The van der Waals surface area contributed by atoms with E-state index >= 15 is 0 Å². The van der Waals surface area contributed by atoms with Gasteiger partial charge in [-0.05, 0) is 49.9 Å². The Morgan fingerprint density at radius 3 is 1.41 bits per heavy atom. The molecule has 2 rings (SSSR count). The van der Waals surface area contributed by atoms with Gasteiger partial charge in [0.15, 0.2) is 0 Å². The molecule has 0 amide bonds. The second-order valence-electron chi connectivity index (χ2n) is 6.66. The van der Waals surface area contributed by atoms with Gasteiger partial charge in [0.05, 0.1) is 0 Å². The Morgan fingerprint density at radius 1 is 0.778 bits per heavy atom. The molecule has 0 aliphatic heterocycles. The van der Waals surface area contributed by atoms with Crippen LogP contribution in [-0.4, -0.2) is 29.5 Å². The lowest BCUT2D eigenvalue weighted by Crippen LogP contribution is -2.32. The number of nitrogens with one attached hydrogen (secondary N) is 2. The van der Waals surface area contributed by atoms with Crippen LogP contribution >= 0.6 is 30.8 Å². The average Bonchev–Trinajstić information content (AvgIpc) is 2.62. The van der Waals surface area contributed by atoms with Crippen molar-refractivity contribution in [1.29, 1.82) is 0 Å². The van der Waals surface area contributed by atoms with E-state index in [2.05, 4.69) is 10.2 Å². The number of alkyl halides is 2. The standard InChI is InChI=1S/C20H28Cl2N3OP/c1-15-7-5-8-16(2)19(15)23-27(26,25(13-11-21)14-12-22)24-20-17(3)9-6-10-18(20)4/h5-10H,11-14H2,1-4H3,(H2,23,24,26). The molecule has 0 saturated carbocycles. The van der Waals surface area contributed by atoms with Crippen molar-refractivity contribution in [2.24, 2.45) is 0 Å². The number of hydrogen-bond acceptors (Lipinski definition) is 1. The molecule has 7 heteroatoms. The largest absolute Gasteiger partial charge is 0.330 e. The van der Waals surface area contributed by atoms with Gasteiger partial charge in [0.1, 0.15) is 0 Å². The second kappa shape index (κ2) is 9.84. The van der Waals surface area contributed by atoms with E-state index in [-0.39, 0.29) is 0 Å². The number of benzene rings is 2. The summed E-state index contributed by atoms with van der Waals surface area (Å²) >= 11 is 12.0. The van der Waals surface area contributed by atoms with Gasteiger partial charge in [-0.1, -0.05) is 36.4 Å². The third-order valence-electron chi connectivity index (χ3n) is 4.57. The highest BCUT2D eigenvalue weighted by molar-refractivity contribution is 7.64. The molecule has 0 unspecified atom stereocenters. The van der Waals surface area contributed by atoms with Crippen molar-refractivity contribution >= 4 is 42.2 Å². The molecule has 27 heavy (non-hydrogen) atoms. The number of halogens is 2. The summed E-state index contributed by atoms with van der Waals surface area (Å²) in [7, 11) is -3.25. The van der Waals surface area contributed by atoms with E-state index < -0.39 is 7.59 Å². The lowest BCUT2D eigenvalue weighted by molar-refractivity contribution is 0.454. The van der Waals surface area contributed by atoms with Gasteiger partial charge in [0.2, 0.25) is 0 Å². The number of anilines is 2. The summed E-state index contributed by atoms with van der Waals surface area (Å²) < 4.78 is 16.1. The van der Waals surface area contributed by atoms with Gasteiger partial charge < -0.3 is 10.2 Å². The summed E-state index contributed by atoms with van der Waals surface area (Å²) in [4.78, 5) is 0. The van der Waals surface area contributed by atoms with Crippen LogP contribution in [-0.2, 0) is 4.57 Å². The third-order valence-corrected chi connectivity index (χ3v) is 7.16. The molecule has 148 valence electrons. The van der Waals surface area contributed by atoms with Crippen LogP contribution in [0.2, 0.25) is 0 Å². The van der Waals surface area contributed by atoms with Crippen LogP contribution in [0.1, 0.15) is 22.3 Å². The van der Waals surface area contributed by atoms with Crippen LogP contribution < -0.4 is 10.2 Å². The van der Waals surface area contributed by atoms with Crippen molar-refractivity contribution in [3.8, 4) is 0 Å². The van der Waals surface area contributed by atoms with Crippen molar-refractivity contribution in [2.45, 2.75) is 27.7 Å². The molecule has 0 aliphatic rings. The van der Waals surface area contributed by atoms with E-state index in [1.165, 1.54) is 0 Å². The van der Waals surface area contributed by atoms with E-state index in [1.54, 1.807) is 0 Å². The summed E-state index contributed by atoms with van der Waals surface area (Å²) in [5, 5.41) is 6.64. The molecule has 2 aromatic carbocycles. The average molecular weight is 428 g/mol. The van der Waals surface area contributed by atoms with E-state index in [0.717, 1.165) is 33.6 Å². The molecule has 0 spiro atoms. The van der Waals surface area contributed by atoms with Crippen molar-refractivity contribution in [3.63, 3.8) is 0 Å². The van der Waals surface area contributed by atoms with Crippen molar-refractivity contribution < 1.29 is 4.57 Å². The van der Waals surface area contributed by atoms with Crippen LogP contribution in [0.25, 0.3) is 0 Å². The topological polar surface area (TPSA) is 44.4 Å². The molecule has 4 nitrogen and oxygen atoms in total. The fourth-order valence-electron chi connectivity index (χ4n) is 3.04.